The second kappa shape index (κ2) is 5.53. The monoisotopic (exact) mass is 255 g/mol. The second-order valence-electron chi connectivity index (χ2n) is 4.45. The molecule has 0 amide bonds. The van der Waals surface area contributed by atoms with Crippen LogP contribution in [-0.4, -0.2) is 31.6 Å². The van der Waals surface area contributed by atoms with Crippen molar-refractivity contribution in [3.63, 3.8) is 0 Å². The van der Waals surface area contributed by atoms with Crippen molar-refractivity contribution in [1.82, 2.24) is 14.8 Å². The standard InChI is InChI=1S/C11H17N3O2S/c1-8-12-13-11(17-7-10(15)16)14(8)6-5-9-3-2-4-9/h9H,2-7H2,1H3,(H,15,16). The molecule has 0 atom stereocenters. The van der Waals surface area contributed by atoms with Crippen LogP contribution >= 0.6 is 11.8 Å². The first kappa shape index (κ1) is 12.4. The predicted molar refractivity (Wildman–Crippen MR) is 65.1 cm³/mol. The number of carbonyl (C=O) groups is 1. The van der Waals surface area contributed by atoms with Gasteiger partial charge in [0.15, 0.2) is 5.16 Å². The largest absolute Gasteiger partial charge is 0.481 e. The van der Waals surface area contributed by atoms with E-state index in [1.54, 1.807) is 0 Å². The van der Waals surface area contributed by atoms with Crippen molar-refractivity contribution in [2.45, 2.75) is 44.3 Å². The smallest absolute Gasteiger partial charge is 0.313 e. The molecule has 0 aliphatic heterocycles. The van der Waals surface area contributed by atoms with Crippen LogP contribution in [0.3, 0.4) is 0 Å². The molecule has 5 nitrogen and oxygen atoms in total. The number of carboxylic acid groups (broad SMARTS) is 1. The molecule has 1 aromatic heterocycles. The van der Waals surface area contributed by atoms with Crippen LogP contribution in [0.5, 0.6) is 0 Å². The van der Waals surface area contributed by atoms with E-state index in [1.807, 2.05) is 11.5 Å². The maximum absolute atomic E-state index is 10.5. The third-order valence-corrected chi connectivity index (χ3v) is 4.16. The molecule has 0 aromatic carbocycles. The summed E-state index contributed by atoms with van der Waals surface area (Å²) in [5.41, 5.74) is 0. The van der Waals surface area contributed by atoms with Crippen molar-refractivity contribution >= 4 is 17.7 Å². The third kappa shape index (κ3) is 3.21. The summed E-state index contributed by atoms with van der Waals surface area (Å²) in [5, 5.41) is 17.4. The fraction of sp³-hybridized carbons (Fsp3) is 0.727. The lowest BCUT2D eigenvalue weighted by atomic mass is 9.83. The van der Waals surface area contributed by atoms with Crippen LogP contribution in [0.2, 0.25) is 0 Å². The van der Waals surface area contributed by atoms with Gasteiger partial charge in [0.1, 0.15) is 5.82 Å². The zero-order valence-corrected chi connectivity index (χ0v) is 10.7. The lowest BCUT2D eigenvalue weighted by Crippen LogP contribution is -2.15. The van der Waals surface area contributed by atoms with Crippen molar-refractivity contribution in [1.29, 1.82) is 0 Å². The molecule has 0 radical (unpaired) electrons. The molecule has 1 aromatic rings. The van der Waals surface area contributed by atoms with E-state index < -0.39 is 5.97 Å². The second-order valence-corrected chi connectivity index (χ2v) is 5.39. The van der Waals surface area contributed by atoms with Crippen LogP contribution in [-0.2, 0) is 11.3 Å². The molecular formula is C11H17N3O2S. The molecule has 1 fully saturated rings. The molecule has 1 N–H and O–H groups in total. The van der Waals surface area contributed by atoms with Crippen LogP contribution < -0.4 is 0 Å². The third-order valence-electron chi connectivity index (χ3n) is 3.21. The Morgan fingerprint density at radius 1 is 1.53 bits per heavy atom. The van der Waals surface area contributed by atoms with Crippen molar-refractivity contribution in [3.8, 4) is 0 Å². The van der Waals surface area contributed by atoms with E-state index in [4.69, 9.17) is 5.11 Å². The number of nitrogens with zero attached hydrogens (tertiary/aromatic N) is 3. The van der Waals surface area contributed by atoms with Crippen LogP contribution in [0.25, 0.3) is 0 Å². The van der Waals surface area contributed by atoms with Gasteiger partial charge >= 0.3 is 5.97 Å². The molecule has 1 aliphatic rings. The first-order chi connectivity index (χ1) is 8.16. The van der Waals surface area contributed by atoms with Gasteiger partial charge in [-0.2, -0.15) is 0 Å². The molecule has 6 heteroatoms. The summed E-state index contributed by atoms with van der Waals surface area (Å²) >= 11 is 1.24. The predicted octanol–water partition coefficient (Wildman–Crippen LogP) is 1.95. The number of carboxylic acids is 1. The number of aromatic nitrogens is 3. The van der Waals surface area contributed by atoms with Crippen molar-refractivity contribution < 1.29 is 9.90 Å². The first-order valence-electron chi connectivity index (χ1n) is 5.91. The molecule has 1 heterocycles. The van der Waals surface area contributed by atoms with Crippen LogP contribution in [0, 0.1) is 12.8 Å². The van der Waals surface area contributed by atoms with Gasteiger partial charge in [-0.15, -0.1) is 10.2 Å². The molecule has 0 spiro atoms. The van der Waals surface area contributed by atoms with Gasteiger partial charge in [0.05, 0.1) is 5.75 Å². The van der Waals surface area contributed by atoms with E-state index in [1.165, 1.54) is 31.0 Å². The summed E-state index contributed by atoms with van der Waals surface area (Å²) in [4.78, 5) is 10.5. The number of hydrogen-bond donors (Lipinski definition) is 1. The quantitative estimate of drug-likeness (QED) is 0.787. The number of rotatable bonds is 6. The van der Waals surface area contributed by atoms with E-state index in [-0.39, 0.29) is 5.75 Å². The summed E-state index contributed by atoms with van der Waals surface area (Å²) in [5.74, 6) is 0.939. The Balaban J connectivity index is 1.93. The van der Waals surface area contributed by atoms with Gasteiger partial charge in [-0.3, -0.25) is 4.79 Å². The van der Waals surface area contributed by atoms with Crippen molar-refractivity contribution in [2.75, 3.05) is 5.75 Å². The Morgan fingerprint density at radius 3 is 2.88 bits per heavy atom. The average Bonchev–Trinajstić information content (AvgIpc) is 2.55. The van der Waals surface area contributed by atoms with Crippen LogP contribution in [0.4, 0.5) is 0 Å². The zero-order valence-electron chi connectivity index (χ0n) is 9.93. The fourth-order valence-corrected chi connectivity index (χ4v) is 2.68. The summed E-state index contributed by atoms with van der Waals surface area (Å²) in [6, 6.07) is 0. The average molecular weight is 255 g/mol. The van der Waals surface area contributed by atoms with E-state index >= 15 is 0 Å². The lowest BCUT2D eigenvalue weighted by molar-refractivity contribution is -0.133. The van der Waals surface area contributed by atoms with E-state index in [0.717, 1.165) is 29.9 Å². The van der Waals surface area contributed by atoms with Gasteiger partial charge in [0, 0.05) is 6.54 Å². The Hall–Kier alpha value is -1.04. The van der Waals surface area contributed by atoms with E-state index in [9.17, 15) is 4.79 Å². The number of thioether (sulfide) groups is 1. The highest BCUT2D eigenvalue weighted by Gasteiger charge is 2.18. The van der Waals surface area contributed by atoms with Gasteiger partial charge < -0.3 is 9.67 Å². The minimum Gasteiger partial charge on any atom is -0.481 e. The van der Waals surface area contributed by atoms with Crippen molar-refractivity contribution in [2.24, 2.45) is 5.92 Å². The van der Waals surface area contributed by atoms with Gasteiger partial charge in [-0.05, 0) is 19.3 Å². The van der Waals surface area contributed by atoms with Gasteiger partial charge in [-0.1, -0.05) is 31.0 Å². The van der Waals surface area contributed by atoms with Crippen LogP contribution in [0.1, 0.15) is 31.5 Å². The normalized spacial score (nSPS) is 15.8. The summed E-state index contributed by atoms with van der Waals surface area (Å²) in [6.07, 6.45) is 5.17. The minimum atomic E-state index is -0.818. The number of aryl methyl sites for hydroxylation is 1. The highest BCUT2D eigenvalue weighted by atomic mass is 32.2. The van der Waals surface area contributed by atoms with Gasteiger partial charge in [0.25, 0.3) is 0 Å². The molecule has 2 rings (SSSR count). The highest BCUT2D eigenvalue weighted by molar-refractivity contribution is 7.99. The highest BCUT2D eigenvalue weighted by Crippen LogP contribution is 2.30. The molecule has 94 valence electrons. The Morgan fingerprint density at radius 2 is 2.29 bits per heavy atom. The summed E-state index contributed by atoms with van der Waals surface area (Å²) < 4.78 is 2.03. The summed E-state index contributed by atoms with van der Waals surface area (Å²) in [6.45, 7) is 2.82. The SMILES string of the molecule is Cc1nnc(SCC(=O)O)n1CCC1CCC1. The van der Waals surface area contributed by atoms with Gasteiger partial charge in [-0.25, -0.2) is 0 Å². The molecule has 0 unspecified atom stereocenters. The molecule has 17 heavy (non-hydrogen) atoms. The summed E-state index contributed by atoms with van der Waals surface area (Å²) in [7, 11) is 0. The molecule has 0 bridgehead atoms. The number of aliphatic carboxylic acids is 1. The minimum absolute atomic E-state index is 0.0432. The Bertz CT molecular complexity index is 401. The maximum Gasteiger partial charge on any atom is 0.313 e. The fourth-order valence-electron chi connectivity index (χ4n) is 1.95. The lowest BCUT2D eigenvalue weighted by Gasteiger charge is -2.25. The molecule has 0 saturated heterocycles. The molecular weight excluding hydrogens is 238 g/mol. The van der Waals surface area contributed by atoms with Gasteiger partial charge in [0.2, 0.25) is 0 Å². The molecule has 1 aliphatic carbocycles. The first-order valence-corrected chi connectivity index (χ1v) is 6.90. The van der Waals surface area contributed by atoms with E-state index in [0.29, 0.717) is 0 Å². The molecule has 1 saturated carbocycles. The van der Waals surface area contributed by atoms with E-state index in [2.05, 4.69) is 10.2 Å². The topological polar surface area (TPSA) is 68.0 Å². The van der Waals surface area contributed by atoms with Crippen molar-refractivity contribution in [3.05, 3.63) is 5.82 Å². The maximum atomic E-state index is 10.5. The zero-order chi connectivity index (χ0) is 12.3. The Kier molecular flexibility index (Phi) is 4.04. The van der Waals surface area contributed by atoms with Crippen LogP contribution in [0.15, 0.2) is 5.16 Å². The number of hydrogen-bond acceptors (Lipinski definition) is 4. The Labute approximate surface area is 105 Å².